The van der Waals surface area contributed by atoms with Crippen molar-refractivity contribution in [3.8, 4) is 0 Å². The van der Waals surface area contributed by atoms with Gasteiger partial charge in [0.2, 0.25) is 0 Å². The average molecular weight is 247 g/mol. The van der Waals surface area contributed by atoms with Crippen LogP contribution in [0.25, 0.3) is 0 Å². The molecule has 0 unspecified atom stereocenters. The van der Waals surface area contributed by atoms with Crippen molar-refractivity contribution in [1.82, 2.24) is 4.98 Å². The molecule has 17 heavy (non-hydrogen) atoms. The van der Waals surface area contributed by atoms with Gasteiger partial charge in [0.05, 0.1) is 10.6 Å². The van der Waals surface area contributed by atoms with Crippen molar-refractivity contribution in [3.05, 3.63) is 58.7 Å². The Morgan fingerprint density at radius 1 is 1.29 bits per heavy atom. The number of amides is 1. The third kappa shape index (κ3) is 2.82. The van der Waals surface area contributed by atoms with E-state index in [1.54, 1.807) is 36.5 Å². The van der Waals surface area contributed by atoms with Gasteiger partial charge < -0.3 is 5.32 Å². The summed E-state index contributed by atoms with van der Waals surface area (Å²) < 4.78 is 0. The summed E-state index contributed by atoms with van der Waals surface area (Å²) >= 11 is 6.01. The summed E-state index contributed by atoms with van der Waals surface area (Å²) in [5.74, 6) is 0.253. The van der Waals surface area contributed by atoms with Crippen molar-refractivity contribution >= 4 is 23.3 Å². The smallest absolute Gasteiger partial charge is 0.258 e. The van der Waals surface area contributed by atoms with Crippen LogP contribution in [0.4, 0.5) is 5.82 Å². The molecule has 1 heterocycles. The van der Waals surface area contributed by atoms with Crippen molar-refractivity contribution in [2.45, 2.75) is 6.92 Å². The van der Waals surface area contributed by atoms with E-state index in [1.807, 2.05) is 13.0 Å². The molecule has 1 N–H and O–H groups in total. The first-order valence-corrected chi connectivity index (χ1v) is 5.53. The Bertz CT molecular complexity index is 540. The van der Waals surface area contributed by atoms with Gasteiger partial charge >= 0.3 is 0 Å². The van der Waals surface area contributed by atoms with Crippen LogP contribution in [0.15, 0.2) is 42.6 Å². The molecule has 0 radical (unpaired) electrons. The van der Waals surface area contributed by atoms with Gasteiger partial charge in [-0.25, -0.2) is 4.98 Å². The largest absolute Gasteiger partial charge is 0.307 e. The van der Waals surface area contributed by atoms with Crippen LogP contribution < -0.4 is 5.32 Å². The van der Waals surface area contributed by atoms with E-state index in [1.165, 1.54) is 0 Å². The summed E-state index contributed by atoms with van der Waals surface area (Å²) in [5, 5.41) is 3.13. The van der Waals surface area contributed by atoms with Crippen LogP contribution in [-0.4, -0.2) is 10.9 Å². The summed E-state index contributed by atoms with van der Waals surface area (Å²) in [5.41, 5.74) is 1.47. The Morgan fingerprint density at radius 2 is 2.12 bits per heavy atom. The number of carbonyl (C=O) groups excluding carboxylic acids is 1. The molecule has 0 fully saturated rings. The number of benzene rings is 1. The summed E-state index contributed by atoms with van der Waals surface area (Å²) in [6, 6.07) is 10.6. The van der Waals surface area contributed by atoms with Crippen LogP contribution in [0, 0.1) is 6.92 Å². The number of nitrogens with one attached hydrogen (secondary N) is 1. The van der Waals surface area contributed by atoms with Crippen LogP contribution in [-0.2, 0) is 0 Å². The highest BCUT2D eigenvalue weighted by atomic mass is 35.5. The fourth-order valence-electron chi connectivity index (χ4n) is 1.42. The second-order valence-electron chi connectivity index (χ2n) is 3.65. The third-order valence-electron chi connectivity index (χ3n) is 2.28. The molecule has 3 nitrogen and oxygen atoms in total. The molecule has 0 atom stereocenters. The quantitative estimate of drug-likeness (QED) is 0.884. The molecular formula is C13H11ClN2O. The maximum atomic E-state index is 11.9. The minimum absolute atomic E-state index is 0.256. The van der Waals surface area contributed by atoms with E-state index in [9.17, 15) is 4.79 Å². The zero-order valence-electron chi connectivity index (χ0n) is 9.27. The summed E-state index contributed by atoms with van der Waals surface area (Å²) in [4.78, 5) is 15.9. The Balaban J connectivity index is 2.21. The zero-order chi connectivity index (χ0) is 12.3. The van der Waals surface area contributed by atoms with Gasteiger partial charge in [0.15, 0.2) is 0 Å². The molecule has 86 valence electrons. The predicted octanol–water partition coefficient (Wildman–Crippen LogP) is 3.30. The second kappa shape index (κ2) is 4.97. The van der Waals surface area contributed by atoms with Crippen LogP contribution in [0.2, 0.25) is 5.02 Å². The minimum Gasteiger partial charge on any atom is -0.307 e. The van der Waals surface area contributed by atoms with Gasteiger partial charge in [0, 0.05) is 6.20 Å². The number of pyridine rings is 1. The van der Waals surface area contributed by atoms with Crippen molar-refractivity contribution in [1.29, 1.82) is 0 Å². The summed E-state index contributed by atoms with van der Waals surface area (Å²) in [6.45, 7) is 1.92. The van der Waals surface area contributed by atoms with Crippen LogP contribution >= 0.6 is 11.6 Å². The van der Waals surface area contributed by atoms with Crippen molar-refractivity contribution < 1.29 is 4.79 Å². The number of hydrogen-bond donors (Lipinski definition) is 1. The van der Waals surface area contributed by atoms with Gasteiger partial charge in [-0.05, 0) is 36.8 Å². The number of anilines is 1. The lowest BCUT2D eigenvalue weighted by Gasteiger charge is -2.06. The van der Waals surface area contributed by atoms with Gasteiger partial charge in [-0.3, -0.25) is 4.79 Å². The van der Waals surface area contributed by atoms with Crippen molar-refractivity contribution in [3.63, 3.8) is 0 Å². The first-order valence-electron chi connectivity index (χ1n) is 5.15. The van der Waals surface area contributed by atoms with Gasteiger partial charge in [-0.15, -0.1) is 0 Å². The first kappa shape index (κ1) is 11.6. The highest BCUT2D eigenvalue weighted by Crippen LogP contribution is 2.18. The number of rotatable bonds is 2. The number of aryl methyl sites for hydroxylation is 1. The SMILES string of the molecule is Cc1ccc(C(=O)Nc2ccccn2)c(Cl)c1. The Labute approximate surface area is 104 Å². The third-order valence-corrected chi connectivity index (χ3v) is 2.59. The van der Waals surface area contributed by atoms with E-state index in [0.29, 0.717) is 16.4 Å². The van der Waals surface area contributed by atoms with E-state index >= 15 is 0 Å². The molecule has 0 aliphatic rings. The van der Waals surface area contributed by atoms with E-state index in [2.05, 4.69) is 10.3 Å². The van der Waals surface area contributed by atoms with Crippen LogP contribution in [0.5, 0.6) is 0 Å². The monoisotopic (exact) mass is 246 g/mol. The molecule has 0 bridgehead atoms. The van der Waals surface area contributed by atoms with Gasteiger partial charge in [0.25, 0.3) is 5.91 Å². The van der Waals surface area contributed by atoms with E-state index in [0.717, 1.165) is 5.56 Å². The maximum Gasteiger partial charge on any atom is 0.258 e. The summed E-state index contributed by atoms with van der Waals surface area (Å²) in [6.07, 6.45) is 1.62. The fraction of sp³-hybridized carbons (Fsp3) is 0.0769. The highest BCUT2D eigenvalue weighted by molar-refractivity contribution is 6.34. The molecule has 0 saturated carbocycles. The maximum absolute atomic E-state index is 11.9. The number of halogens is 1. The molecule has 0 aliphatic heterocycles. The molecule has 2 aromatic rings. The average Bonchev–Trinajstić information content (AvgIpc) is 2.30. The van der Waals surface area contributed by atoms with Gasteiger partial charge in [-0.2, -0.15) is 0 Å². The Morgan fingerprint density at radius 3 is 2.76 bits per heavy atom. The molecule has 0 saturated heterocycles. The van der Waals surface area contributed by atoms with E-state index in [-0.39, 0.29) is 5.91 Å². The van der Waals surface area contributed by atoms with Crippen molar-refractivity contribution in [2.75, 3.05) is 5.32 Å². The molecule has 0 spiro atoms. The molecule has 1 aromatic heterocycles. The molecular weight excluding hydrogens is 236 g/mol. The second-order valence-corrected chi connectivity index (χ2v) is 4.06. The standard InChI is InChI=1S/C13H11ClN2O/c1-9-5-6-10(11(14)8-9)13(17)16-12-4-2-3-7-15-12/h2-8H,1H3,(H,15,16,17). The molecule has 2 rings (SSSR count). The molecule has 1 aromatic carbocycles. The number of carbonyl (C=O) groups is 1. The van der Waals surface area contributed by atoms with Crippen LogP contribution in [0.1, 0.15) is 15.9 Å². The predicted molar refractivity (Wildman–Crippen MR) is 68.4 cm³/mol. The minimum atomic E-state index is -0.256. The number of aromatic nitrogens is 1. The Kier molecular flexibility index (Phi) is 3.40. The normalized spacial score (nSPS) is 10.0. The van der Waals surface area contributed by atoms with Gasteiger partial charge in [0.1, 0.15) is 5.82 Å². The molecule has 0 aliphatic carbocycles. The van der Waals surface area contributed by atoms with Crippen molar-refractivity contribution in [2.24, 2.45) is 0 Å². The summed E-state index contributed by atoms with van der Waals surface area (Å²) in [7, 11) is 0. The first-order chi connectivity index (χ1) is 8.16. The lowest BCUT2D eigenvalue weighted by Crippen LogP contribution is -2.13. The van der Waals surface area contributed by atoms with Crippen LogP contribution in [0.3, 0.4) is 0 Å². The lowest BCUT2D eigenvalue weighted by molar-refractivity contribution is 0.102. The molecule has 4 heteroatoms. The van der Waals surface area contributed by atoms with Gasteiger partial charge in [-0.1, -0.05) is 23.7 Å². The highest BCUT2D eigenvalue weighted by Gasteiger charge is 2.10. The Hall–Kier alpha value is -1.87. The topological polar surface area (TPSA) is 42.0 Å². The fourth-order valence-corrected chi connectivity index (χ4v) is 1.75. The van der Waals surface area contributed by atoms with E-state index < -0.39 is 0 Å². The number of nitrogens with zero attached hydrogens (tertiary/aromatic N) is 1. The zero-order valence-corrected chi connectivity index (χ0v) is 10.0. The lowest BCUT2D eigenvalue weighted by atomic mass is 10.1. The molecule has 1 amide bonds. The number of hydrogen-bond acceptors (Lipinski definition) is 2. The van der Waals surface area contributed by atoms with E-state index in [4.69, 9.17) is 11.6 Å².